The first-order chi connectivity index (χ1) is 47.5. The van der Waals surface area contributed by atoms with E-state index in [1.165, 1.54) is 127 Å². The molecule has 0 saturated heterocycles. The van der Waals surface area contributed by atoms with Crippen LogP contribution in [0.2, 0.25) is 0 Å². The second-order valence-corrected chi connectivity index (χ2v) is 34.9. The molecule has 3 aromatic heterocycles. The minimum absolute atomic E-state index is 0. The monoisotopic (exact) mass is 1540 g/mol. The molecule has 10 aromatic carbocycles. The van der Waals surface area contributed by atoms with Gasteiger partial charge in [0.25, 0.3) is 6.71 Å². The molecule has 0 atom stereocenters. The fourth-order valence-corrected chi connectivity index (χ4v) is 17.6. The number of aromatic nitrogens is 3. The number of para-hydroxylation sites is 4. The number of pyridine rings is 1. The van der Waals surface area contributed by atoms with Crippen LogP contribution in [0.1, 0.15) is 167 Å². The van der Waals surface area contributed by atoms with Gasteiger partial charge in [0.05, 0.1) is 45.2 Å². The van der Waals surface area contributed by atoms with E-state index in [2.05, 4.69) is 288 Å². The zero-order chi connectivity index (χ0) is 70.1. The molecule has 13 aromatic rings. The van der Waals surface area contributed by atoms with E-state index in [1.807, 2.05) is 49.6 Å². The first-order valence-corrected chi connectivity index (χ1v) is 37.0. The Bertz CT molecular complexity index is 5370. The molecular formula is C90H85BFIrN5OS2-2. The quantitative estimate of drug-likeness (QED) is 0.121. The van der Waals surface area contributed by atoms with Crippen LogP contribution in [-0.2, 0) is 41.8 Å². The molecule has 0 unspecified atom stereocenters. The predicted molar refractivity (Wildman–Crippen MR) is 421 cm³/mol. The molecule has 0 N–H and O–H groups in total. The second-order valence-electron chi connectivity index (χ2n) is 32.7. The number of anilines is 6. The van der Waals surface area contributed by atoms with Gasteiger partial charge in [0.1, 0.15) is 5.58 Å². The fraction of sp³-hybridized carbons (Fsp3) is 0.267. The predicted octanol–water partition coefficient (Wildman–Crippen LogP) is 23.8. The molecule has 0 fully saturated rings. The van der Waals surface area contributed by atoms with Gasteiger partial charge in [-0.15, -0.1) is 48.0 Å². The minimum Gasteiger partial charge on any atom is -0.500 e. The number of nitrogens with zero attached hydrogens (tertiary/aromatic N) is 5. The van der Waals surface area contributed by atoms with Crippen LogP contribution in [0.4, 0.5) is 38.5 Å². The molecule has 4 aliphatic heterocycles. The molecule has 6 nitrogen and oxygen atoms in total. The molecule has 0 aliphatic carbocycles. The summed E-state index contributed by atoms with van der Waals surface area (Å²) in [5.74, 6) is 1.12. The number of hydrogen-bond acceptors (Lipinski definition) is 7. The average molecular weight is 1540 g/mol. The van der Waals surface area contributed by atoms with E-state index in [0.717, 1.165) is 72.3 Å². The maximum Gasteiger partial charge on any atom is 0.252 e. The summed E-state index contributed by atoms with van der Waals surface area (Å²) < 4.78 is 22.7. The number of hydrogen-bond donors (Lipinski definition) is 0. The van der Waals surface area contributed by atoms with Gasteiger partial charge >= 0.3 is 0 Å². The van der Waals surface area contributed by atoms with Crippen molar-refractivity contribution >= 4 is 114 Å². The molecule has 4 aliphatic rings. The largest absolute Gasteiger partial charge is 0.500 e. The van der Waals surface area contributed by atoms with Crippen molar-refractivity contribution in [3.8, 4) is 39.5 Å². The van der Waals surface area contributed by atoms with Crippen LogP contribution >= 0.6 is 23.5 Å². The van der Waals surface area contributed by atoms with E-state index in [-0.39, 0.29) is 66.1 Å². The van der Waals surface area contributed by atoms with Crippen LogP contribution < -0.4 is 26.2 Å². The summed E-state index contributed by atoms with van der Waals surface area (Å²) in [6.45, 7) is 41.4. The smallest absolute Gasteiger partial charge is 0.252 e. The Hall–Kier alpha value is -8.44. The summed E-state index contributed by atoms with van der Waals surface area (Å²) >= 11 is 3.90. The molecule has 0 amide bonds. The number of aryl methyl sites for hydroxylation is 2. The van der Waals surface area contributed by atoms with E-state index >= 15 is 0 Å². The Kier molecular flexibility index (Phi) is 16.7. The van der Waals surface area contributed by atoms with E-state index in [4.69, 9.17) is 9.40 Å². The van der Waals surface area contributed by atoms with Crippen molar-refractivity contribution in [1.29, 1.82) is 0 Å². The standard InChI is InChI=1S/C77H74BN4OS2.C13H11FN.Ir/c1-42(2)49-22-19-23-50(43(3)4)68(49)82-58-29-18-17-28-57(58)79-73(82)54-27-21-26-53-52-25-20-24-51(71(52)83-72(53)54)44-34-61-67-62(35-44)81-60-33-31-46(75(8,9)10)39-64(60)85-66-41-48(77(14,15)16)37-56(70(66)81)78(67)55-36-47(76(11,12)13)40-65-69(55)80(61)59-32-30-45(74(5,6)7)38-63(59)84-65;1-9-7-13(15-8-10(9)2)11-3-5-12(14)6-4-11;/h17-26,28-43H,1-16H3;3,5-8H,1-2H3;/q2*-1;. The van der Waals surface area contributed by atoms with Crippen molar-refractivity contribution in [2.75, 3.05) is 9.80 Å². The van der Waals surface area contributed by atoms with Gasteiger partial charge in [0.2, 0.25) is 0 Å². The number of fused-ring (bicyclic) bond motifs is 12. The maximum atomic E-state index is 12.7. The van der Waals surface area contributed by atoms with Crippen molar-refractivity contribution in [2.24, 2.45) is 0 Å². The van der Waals surface area contributed by atoms with Crippen molar-refractivity contribution in [3.05, 3.63) is 239 Å². The summed E-state index contributed by atoms with van der Waals surface area (Å²) in [7, 11) is 0. The van der Waals surface area contributed by atoms with Gasteiger partial charge < -0.3 is 23.8 Å². The van der Waals surface area contributed by atoms with Crippen molar-refractivity contribution < 1.29 is 28.9 Å². The number of furan rings is 1. The van der Waals surface area contributed by atoms with Gasteiger partial charge in [-0.25, -0.2) is 0 Å². The minimum atomic E-state index is -0.275. The molecule has 509 valence electrons. The SMILES string of the molecule is CC(C)c1cccc(C(C)C)c1-n1c(-c2[c-]ccc3c2oc2c(-c4cc5c6c(c4)N4c7ccc(C(C)(C)C)cc7Sc7cc(C(C)(C)C)cc(c74)B6c4cc(C(C)(C)C)cc6c4N5c4ccc(C(C)(C)C)cc4S6)cccc23)nc2ccccc21.Cc1cnc(-c2[c-]cc(F)cc2)cc1C.[Ir]. The van der Waals surface area contributed by atoms with Gasteiger partial charge in [-0.2, -0.15) is 0 Å². The summed E-state index contributed by atoms with van der Waals surface area (Å²) in [5.41, 5.74) is 31.1. The third-order valence-electron chi connectivity index (χ3n) is 21.0. The molecule has 17 rings (SSSR count). The average Bonchev–Trinajstić information content (AvgIpc) is 1.23. The van der Waals surface area contributed by atoms with E-state index in [9.17, 15) is 4.39 Å². The first kappa shape index (κ1) is 68.3. The van der Waals surface area contributed by atoms with Crippen LogP contribution in [0.15, 0.2) is 200 Å². The Morgan fingerprint density at radius 1 is 0.515 bits per heavy atom. The van der Waals surface area contributed by atoms with Crippen molar-refractivity contribution in [1.82, 2.24) is 14.5 Å². The Labute approximate surface area is 618 Å². The summed E-state index contributed by atoms with van der Waals surface area (Å²) in [6.07, 6.45) is 1.82. The molecule has 0 bridgehead atoms. The first-order valence-electron chi connectivity index (χ1n) is 35.4. The van der Waals surface area contributed by atoms with Gasteiger partial charge in [0, 0.05) is 79.7 Å². The van der Waals surface area contributed by atoms with Crippen molar-refractivity contribution in [2.45, 2.75) is 178 Å². The number of imidazole rings is 1. The molecule has 0 saturated carbocycles. The number of rotatable bonds is 6. The van der Waals surface area contributed by atoms with E-state index < -0.39 is 0 Å². The van der Waals surface area contributed by atoms with Gasteiger partial charge in [-0.3, -0.25) is 9.37 Å². The normalized spacial score (nSPS) is 13.7. The molecule has 11 heteroatoms. The number of halogens is 1. The van der Waals surface area contributed by atoms with Gasteiger partial charge in [0.15, 0.2) is 0 Å². The molecule has 1 radical (unpaired) electrons. The zero-order valence-corrected chi connectivity index (χ0v) is 65.2. The van der Waals surface area contributed by atoms with E-state index in [1.54, 1.807) is 6.07 Å². The Morgan fingerprint density at radius 3 is 1.59 bits per heavy atom. The van der Waals surface area contributed by atoms with Gasteiger partial charge in [-0.1, -0.05) is 230 Å². The Morgan fingerprint density at radius 2 is 1.06 bits per heavy atom. The molecule has 101 heavy (non-hydrogen) atoms. The molecule has 7 heterocycles. The van der Waals surface area contributed by atoms with Crippen LogP contribution in [0.25, 0.3) is 72.4 Å². The Balaban J connectivity index is 0.000000458. The third-order valence-corrected chi connectivity index (χ3v) is 23.2. The maximum absolute atomic E-state index is 12.7. The number of benzene rings is 10. The summed E-state index contributed by atoms with van der Waals surface area (Å²) in [4.78, 5) is 20.3. The fourth-order valence-electron chi connectivity index (χ4n) is 15.3. The van der Waals surface area contributed by atoms with Crippen LogP contribution in [0.5, 0.6) is 0 Å². The molecule has 0 spiro atoms. The van der Waals surface area contributed by atoms with Crippen LogP contribution in [0.3, 0.4) is 0 Å². The topological polar surface area (TPSA) is 50.3 Å². The summed E-state index contributed by atoms with van der Waals surface area (Å²) in [6, 6.07) is 69.1. The molecular weight excluding hydrogens is 1450 g/mol. The second kappa shape index (κ2) is 24.6. The van der Waals surface area contributed by atoms with Crippen LogP contribution in [-0.4, -0.2) is 21.2 Å². The zero-order valence-electron chi connectivity index (χ0n) is 61.1. The van der Waals surface area contributed by atoms with Crippen molar-refractivity contribution in [3.63, 3.8) is 0 Å². The summed E-state index contributed by atoms with van der Waals surface area (Å²) in [5, 5.41) is 2.10. The third kappa shape index (κ3) is 11.4. The van der Waals surface area contributed by atoms with Gasteiger partial charge in [-0.05, 0) is 175 Å². The van der Waals surface area contributed by atoms with Crippen LogP contribution in [0, 0.1) is 31.8 Å². The van der Waals surface area contributed by atoms with E-state index in [0.29, 0.717) is 0 Å².